The highest BCUT2D eigenvalue weighted by Crippen LogP contribution is 2.28. The molecule has 100 valence electrons. The number of aryl methyl sites for hydroxylation is 1. The molecule has 2 nitrogen and oxygen atoms in total. The quantitative estimate of drug-likeness (QED) is 0.909. The normalized spacial score (nSPS) is 11.0. The van der Waals surface area contributed by atoms with Crippen LogP contribution in [0.5, 0.6) is 0 Å². The third-order valence-electron chi connectivity index (χ3n) is 2.99. The molecule has 0 spiro atoms. The molecule has 0 aliphatic rings. The van der Waals surface area contributed by atoms with E-state index in [-0.39, 0.29) is 0 Å². The molecule has 1 aromatic carbocycles. The Bertz CT molecular complexity index is 547. The van der Waals surface area contributed by atoms with Gasteiger partial charge in [0.25, 0.3) is 0 Å². The molecule has 3 heteroatoms. The van der Waals surface area contributed by atoms with Gasteiger partial charge in [0.1, 0.15) is 5.03 Å². The average molecular weight is 272 g/mol. The number of hydrogen-bond donors (Lipinski definition) is 1. The molecule has 0 saturated carbocycles. The second-order valence-corrected chi connectivity index (χ2v) is 6.08. The van der Waals surface area contributed by atoms with E-state index in [4.69, 9.17) is 5.73 Å². The number of hydrogen-bond acceptors (Lipinski definition) is 3. The fraction of sp³-hybridized carbons (Fsp3) is 0.312. The summed E-state index contributed by atoms with van der Waals surface area (Å²) in [6.45, 7) is 6.98. The molecule has 0 bridgehead atoms. The predicted octanol–water partition coefficient (Wildman–Crippen LogP) is 4.12. The van der Waals surface area contributed by atoms with Gasteiger partial charge in [0.2, 0.25) is 0 Å². The molecule has 1 aromatic heterocycles. The van der Waals surface area contributed by atoms with Gasteiger partial charge in [0.05, 0.1) is 0 Å². The van der Waals surface area contributed by atoms with Crippen molar-refractivity contribution in [3.05, 3.63) is 53.2 Å². The number of aromatic nitrogens is 1. The van der Waals surface area contributed by atoms with Gasteiger partial charge in [0.15, 0.2) is 0 Å². The molecule has 0 amide bonds. The first-order valence-corrected chi connectivity index (χ1v) is 7.35. The SMILES string of the molecule is Cc1cc(CN)cc(Sc2ccc(C(C)C)cc2)n1. The summed E-state index contributed by atoms with van der Waals surface area (Å²) in [5.41, 5.74) is 9.21. The minimum absolute atomic E-state index is 0.559. The third-order valence-corrected chi connectivity index (χ3v) is 3.92. The fourth-order valence-electron chi connectivity index (χ4n) is 1.92. The Hall–Kier alpha value is -1.32. The summed E-state index contributed by atoms with van der Waals surface area (Å²) in [6.07, 6.45) is 0. The molecule has 2 aromatic rings. The topological polar surface area (TPSA) is 38.9 Å². The smallest absolute Gasteiger partial charge is 0.101 e. The van der Waals surface area contributed by atoms with Crippen LogP contribution in [0.1, 0.15) is 36.6 Å². The van der Waals surface area contributed by atoms with Crippen molar-refractivity contribution in [1.82, 2.24) is 4.98 Å². The summed E-state index contributed by atoms with van der Waals surface area (Å²) in [5.74, 6) is 0.569. The van der Waals surface area contributed by atoms with E-state index in [1.54, 1.807) is 11.8 Å². The molecule has 0 aliphatic carbocycles. The van der Waals surface area contributed by atoms with E-state index in [0.717, 1.165) is 16.3 Å². The Morgan fingerprint density at radius 3 is 2.42 bits per heavy atom. The van der Waals surface area contributed by atoms with Crippen molar-refractivity contribution in [3.63, 3.8) is 0 Å². The lowest BCUT2D eigenvalue weighted by Gasteiger charge is -2.08. The van der Waals surface area contributed by atoms with E-state index in [0.29, 0.717) is 12.5 Å². The van der Waals surface area contributed by atoms with Gasteiger partial charge in [-0.2, -0.15) is 0 Å². The standard InChI is InChI=1S/C16H20N2S/c1-11(2)14-4-6-15(7-5-14)19-16-9-13(10-17)8-12(3)18-16/h4-9,11H,10,17H2,1-3H3. The predicted molar refractivity (Wildman–Crippen MR) is 81.5 cm³/mol. The molecule has 0 radical (unpaired) electrons. The third kappa shape index (κ3) is 3.82. The summed E-state index contributed by atoms with van der Waals surface area (Å²) in [6, 6.07) is 12.8. The molecule has 0 atom stereocenters. The molecule has 19 heavy (non-hydrogen) atoms. The van der Waals surface area contributed by atoms with Crippen molar-refractivity contribution in [2.75, 3.05) is 0 Å². The van der Waals surface area contributed by atoms with Crippen molar-refractivity contribution in [2.24, 2.45) is 5.73 Å². The molecule has 0 fully saturated rings. The van der Waals surface area contributed by atoms with Crippen LogP contribution in [-0.2, 0) is 6.54 Å². The Labute approximate surface area is 119 Å². The minimum atomic E-state index is 0.559. The molecule has 0 saturated heterocycles. The van der Waals surface area contributed by atoms with Crippen LogP contribution in [0.25, 0.3) is 0 Å². The van der Waals surface area contributed by atoms with Gasteiger partial charge >= 0.3 is 0 Å². The Balaban J connectivity index is 2.18. The van der Waals surface area contributed by atoms with Gasteiger partial charge in [-0.1, -0.05) is 37.7 Å². The Morgan fingerprint density at radius 2 is 1.84 bits per heavy atom. The van der Waals surface area contributed by atoms with Crippen LogP contribution in [0.2, 0.25) is 0 Å². The maximum atomic E-state index is 5.70. The monoisotopic (exact) mass is 272 g/mol. The van der Waals surface area contributed by atoms with Crippen LogP contribution in [-0.4, -0.2) is 4.98 Å². The van der Waals surface area contributed by atoms with E-state index in [1.807, 2.05) is 13.0 Å². The lowest BCUT2D eigenvalue weighted by molar-refractivity contribution is 0.865. The van der Waals surface area contributed by atoms with Crippen molar-refractivity contribution in [3.8, 4) is 0 Å². The maximum absolute atomic E-state index is 5.70. The van der Waals surface area contributed by atoms with Crippen LogP contribution in [0, 0.1) is 6.92 Å². The lowest BCUT2D eigenvalue weighted by atomic mass is 10.0. The number of nitrogens with zero attached hydrogens (tertiary/aromatic N) is 1. The highest BCUT2D eigenvalue weighted by molar-refractivity contribution is 7.99. The highest BCUT2D eigenvalue weighted by Gasteiger charge is 2.03. The zero-order chi connectivity index (χ0) is 13.8. The summed E-state index contributed by atoms with van der Waals surface area (Å²) >= 11 is 1.69. The van der Waals surface area contributed by atoms with Gasteiger partial charge in [-0.05, 0) is 48.2 Å². The van der Waals surface area contributed by atoms with E-state index in [2.05, 4.69) is 49.2 Å². The molecule has 0 aliphatic heterocycles. The van der Waals surface area contributed by atoms with Crippen molar-refractivity contribution in [1.29, 1.82) is 0 Å². The molecule has 2 rings (SSSR count). The number of nitrogens with two attached hydrogens (primary N) is 1. The van der Waals surface area contributed by atoms with Gasteiger partial charge in [-0.15, -0.1) is 0 Å². The summed E-state index contributed by atoms with van der Waals surface area (Å²) in [4.78, 5) is 5.76. The number of rotatable bonds is 4. The zero-order valence-corrected chi connectivity index (χ0v) is 12.5. The van der Waals surface area contributed by atoms with Gasteiger partial charge in [-0.3, -0.25) is 0 Å². The average Bonchev–Trinajstić information content (AvgIpc) is 2.38. The van der Waals surface area contributed by atoms with Crippen LogP contribution < -0.4 is 5.73 Å². The molecular formula is C16H20N2S. The molecular weight excluding hydrogens is 252 g/mol. The van der Waals surface area contributed by atoms with Crippen LogP contribution in [0.4, 0.5) is 0 Å². The Kier molecular flexibility index (Phi) is 4.61. The van der Waals surface area contributed by atoms with Gasteiger partial charge in [-0.25, -0.2) is 4.98 Å². The fourth-order valence-corrected chi connectivity index (χ4v) is 2.83. The van der Waals surface area contributed by atoms with Gasteiger partial charge in [0, 0.05) is 17.1 Å². The van der Waals surface area contributed by atoms with E-state index in [9.17, 15) is 0 Å². The van der Waals surface area contributed by atoms with Crippen molar-refractivity contribution >= 4 is 11.8 Å². The first-order valence-electron chi connectivity index (χ1n) is 6.54. The first-order chi connectivity index (χ1) is 9.08. The van der Waals surface area contributed by atoms with Crippen molar-refractivity contribution in [2.45, 2.75) is 43.2 Å². The van der Waals surface area contributed by atoms with Crippen LogP contribution >= 0.6 is 11.8 Å². The second-order valence-electron chi connectivity index (χ2n) is 4.98. The van der Waals surface area contributed by atoms with Crippen LogP contribution in [0.15, 0.2) is 46.3 Å². The maximum Gasteiger partial charge on any atom is 0.101 e. The molecule has 0 unspecified atom stereocenters. The summed E-state index contributed by atoms with van der Waals surface area (Å²) < 4.78 is 0. The van der Waals surface area contributed by atoms with E-state index >= 15 is 0 Å². The lowest BCUT2D eigenvalue weighted by Crippen LogP contribution is -1.98. The summed E-state index contributed by atoms with van der Waals surface area (Å²) in [7, 11) is 0. The Morgan fingerprint density at radius 1 is 1.16 bits per heavy atom. The zero-order valence-electron chi connectivity index (χ0n) is 11.7. The molecule has 2 N–H and O–H groups in total. The summed E-state index contributed by atoms with van der Waals surface area (Å²) in [5, 5.41) is 1.01. The number of benzene rings is 1. The number of pyridine rings is 1. The van der Waals surface area contributed by atoms with Crippen LogP contribution in [0.3, 0.4) is 0 Å². The minimum Gasteiger partial charge on any atom is -0.326 e. The van der Waals surface area contributed by atoms with Gasteiger partial charge < -0.3 is 5.73 Å². The first kappa shape index (κ1) is 14.1. The second kappa shape index (κ2) is 6.22. The van der Waals surface area contributed by atoms with Crippen molar-refractivity contribution < 1.29 is 0 Å². The van der Waals surface area contributed by atoms with E-state index < -0.39 is 0 Å². The molecule has 1 heterocycles. The largest absolute Gasteiger partial charge is 0.326 e. The van der Waals surface area contributed by atoms with E-state index in [1.165, 1.54) is 10.5 Å². The highest BCUT2D eigenvalue weighted by atomic mass is 32.2.